The van der Waals surface area contributed by atoms with E-state index in [1.165, 1.54) is 0 Å². The molecule has 3 heteroatoms. The van der Waals surface area contributed by atoms with Gasteiger partial charge in [-0.25, -0.2) is 0 Å². The van der Waals surface area contributed by atoms with E-state index >= 15 is 0 Å². The molecule has 1 aliphatic rings. The van der Waals surface area contributed by atoms with E-state index in [0.29, 0.717) is 18.0 Å². The zero-order valence-corrected chi connectivity index (χ0v) is 10.4. The van der Waals surface area contributed by atoms with E-state index in [1.807, 2.05) is 36.1 Å². The summed E-state index contributed by atoms with van der Waals surface area (Å²) in [6, 6.07) is 7.63. The van der Waals surface area contributed by atoms with Gasteiger partial charge >= 0.3 is 0 Å². The van der Waals surface area contributed by atoms with Crippen molar-refractivity contribution in [3.63, 3.8) is 0 Å². The molecule has 0 bridgehead atoms. The monoisotopic (exact) mass is 247 g/mol. The lowest BCUT2D eigenvalue weighted by Crippen LogP contribution is -2.28. The van der Waals surface area contributed by atoms with Crippen molar-refractivity contribution in [2.24, 2.45) is 5.92 Å². The molecular weight excluding hydrogens is 234 g/mol. The maximum absolute atomic E-state index is 11.8. The zero-order chi connectivity index (χ0) is 12.4. The van der Waals surface area contributed by atoms with Gasteiger partial charge in [0.25, 0.3) is 0 Å². The summed E-state index contributed by atoms with van der Waals surface area (Å²) in [4.78, 5) is 13.7. The van der Waals surface area contributed by atoms with Crippen LogP contribution < -0.4 is 0 Å². The highest BCUT2D eigenvalue weighted by Gasteiger charge is 2.31. The first-order chi connectivity index (χ1) is 8.11. The van der Waals surface area contributed by atoms with Gasteiger partial charge in [-0.1, -0.05) is 23.7 Å². The average Bonchev–Trinajstić information content (AvgIpc) is 2.71. The lowest BCUT2D eigenvalue weighted by Gasteiger charge is -2.24. The number of hydrogen-bond donors (Lipinski definition) is 0. The third-order valence-corrected chi connectivity index (χ3v) is 3.47. The molecule has 1 saturated heterocycles. The first-order valence-corrected chi connectivity index (χ1v) is 6.00. The summed E-state index contributed by atoms with van der Waals surface area (Å²) < 4.78 is 0. The molecule has 2 nitrogen and oxygen atoms in total. The van der Waals surface area contributed by atoms with Crippen LogP contribution in [0.4, 0.5) is 0 Å². The minimum absolute atomic E-state index is 0.0530. The van der Waals surface area contributed by atoms with E-state index < -0.39 is 0 Å². The number of likely N-dealkylation sites (tertiary alicyclic amines) is 1. The molecule has 17 heavy (non-hydrogen) atoms. The lowest BCUT2D eigenvalue weighted by molar-refractivity contribution is -0.129. The third kappa shape index (κ3) is 2.45. The Labute approximate surface area is 107 Å². The van der Waals surface area contributed by atoms with Gasteiger partial charge in [0.1, 0.15) is 0 Å². The molecule has 88 valence electrons. The lowest BCUT2D eigenvalue weighted by atomic mass is 10.1. The number of carbonyl (C=O) groups is 1. The number of nitrogens with zero attached hydrogens (tertiary/aromatic N) is 1. The Hall–Kier alpha value is -1.46. The van der Waals surface area contributed by atoms with Crippen LogP contribution >= 0.6 is 11.6 Å². The van der Waals surface area contributed by atoms with Gasteiger partial charge in [0.15, 0.2) is 0 Å². The summed E-state index contributed by atoms with van der Waals surface area (Å²) >= 11 is 5.84. The van der Waals surface area contributed by atoms with Crippen LogP contribution in [-0.4, -0.2) is 17.4 Å². The van der Waals surface area contributed by atoms with E-state index in [9.17, 15) is 4.79 Å². The second kappa shape index (κ2) is 4.81. The van der Waals surface area contributed by atoms with Gasteiger partial charge in [-0.05, 0) is 24.6 Å². The number of terminal acetylenes is 1. The molecule has 1 fully saturated rings. The predicted octanol–water partition coefficient (Wildman–Crippen LogP) is 2.88. The molecule has 0 saturated carbocycles. The van der Waals surface area contributed by atoms with Gasteiger partial charge in [-0.2, -0.15) is 0 Å². The van der Waals surface area contributed by atoms with E-state index in [2.05, 4.69) is 5.92 Å². The summed E-state index contributed by atoms with van der Waals surface area (Å²) in [5.74, 6) is 2.84. The van der Waals surface area contributed by atoms with Gasteiger partial charge in [-0.3, -0.25) is 4.79 Å². The topological polar surface area (TPSA) is 20.3 Å². The Morgan fingerprint density at radius 3 is 2.65 bits per heavy atom. The molecule has 1 amide bonds. The summed E-state index contributed by atoms with van der Waals surface area (Å²) in [5.41, 5.74) is 1.08. The number of halogens is 1. The molecule has 2 rings (SSSR count). The zero-order valence-electron chi connectivity index (χ0n) is 9.69. The van der Waals surface area contributed by atoms with E-state index in [0.717, 1.165) is 5.56 Å². The van der Waals surface area contributed by atoms with Gasteiger partial charge in [0.05, 0.1) is 6.04 Å². The molecule has 0 N–H and O–H groups in total. The molecule has 2 atom stereocenters. The maximum atomic E-state index is 11.8. The van der Waals surface area contributed by atoms with Gasteiger partial charge in [0.2, 0.25) is 5.91 Å². The Balaban J connectivity index is 2.16. The summed E-state index contributed by atoms with van der Waals surface area (Å²) in [6.45, 7) is 2.67. The van der Waals surface area contributed by atoms with Gasteiger partial charge in [-0.15, -0.1) is 12.3 Å². The van der Waals surface area contributed by atoms with Crippen molar-refractivity contribution < 1.29 is 4.79 Å². The fourth-order valence-electron chi connectivity index (χ4n) is 2.14. The Bertz CT molecular complexity index is 460. The highest BCUT2D eigenvalue weighted by Crippen LogP contribution is 2.28. The van der Waals surface area contributed by atoms with Crippen molar-refractivity contribution in [2.45, 2.75) is 19.4 Å². The molecule has 1 heterocycles. The van der Waals surface area contributed by atoms with Crippen LogP contribution in [0.5, 0.6) is 0 Å². The van der Waals surface area contributed by atoms with Crippen molar-refractivity contribution >= 4 is 17.5 Å². The number of carbonyl (C=O) groups excluding carboxylic acids is 1. The standard InChI is InChI=1S/C14H14ClNO/c1-3-11-8-14(17)16(9-11)10(2)12-4-6-13(15)7-5-12/h1,4-7,10-11H,8-9H2,2H3. The second-order valence-electron chi connectivity index (χ2n) is 4.34. The van der Waals surface area contributed by atoms with Crippen molar-refractivity contribution in [3.05, 3.63) is 34.9 Å². The molecule has 0 aliphatic carbocycles. The first-order valence-electron chi connectivity index (χ1n) is 5.63. The van der Waals surface area contributed by atoms with E-state index in [1.54, 1.807) is 0 Å². The van der Waals surface area contributed by atoms with Crippen molar-refractivity contribution in [1.29, 1.82) is 0 Å². The number of hydrogen-bond acceptors (Lipinski definition) is 1. The Morgan fingerprint density at radius 2 is 2.12 bits per heavy atom. The van der Waals surface area contributed by atoms with Crippen LogP contribution in [0.2, 0.25) is 5.02 Å². The van der Waals surface area contributed by atoms with Crippen molar-refractivity contribution in [3.8, 4) is 12.3 Å². The van der Waals surface area contributed by atoms with Gasteiger partial charge < -0.3 is 4.90 Å². The number of rotatable bonds is 2. The first kappa shape index (κ1) is 12.0. The molecule has 2 unspecified atom stereocenters. The number of benzene rings is 1. The van der Waals surface area contributed by atoms with Crippen LogP contribution in [-0.2, 0) is 4.79 Å². The molecule has 0 spiro atoms. The SMILES string of the molecule is C#CC1CC(=O)N(C(C)c2ccc(Cl)cc2)C1. The molecule has 1 aromatic carbocycles. The largest absolute Gasteiger partial charge is 0.335 e. The van der Waals surface area contributed by atoms with Crippen LogP contribution in [0.25, 0.3) is 0 Å². The fourth-order valence-corrected chi connectivity index (χ4v) is 2.26. The average molecular weight is 248 g/mol. The highest BCUT2D eigenvalue weighted by molar-refractivity contribution is 6.30. The quantitative estimate of drug-likeness (QED) is 0.736. The van der Waals surface area contributed by atoms with Crippen LogP contribution in [0.15, 0.2) is 24.3 Å². The molecule has 0 radical (unpaired) electrons. The Kier molecular flexibility index (Phi) is 3.40. The van der Waals surface area contributed by atoms with Gasteiger partial charge in [0, 0.05) is 23.9 Å². The summed E-state index contributed by atoms with van der Waals surface area (Å²) in [5, 5.41) is 0.704. The van der Waals surface area contributed by atoms with E-state index in [4.69, 9.17) is 18.0 Å². The van der Waals surface area contributed by atoms with Crippen LogP contribution in [0, 0.1) is 18.3 Å². The van der Waals surface area contributed by atoms with Crippen LogP contribution in [0.3, 0.4) is 0 Å². The van der Waals surface area contributed by atoms with Crippen molar-refractivity contribution in [1.82, 2.24) is 4.90 Å². The maximum Gasteiger partial charge on any atom is 0.224 e. The molecular formula is C14H14ClNO. The third-order valence-electron chi connectivity index (χ3n) is 3.21. The molecule has 1 aliphatic heterocycles. The van der Waals surface area contributed by atoms with E-state index in [-0.39, 0.29) is 17.9 Å². The molecule has 1 aromatic rings. The summed E-state index contributed by atoms with van der Waals surface area (Å²) in [7, 11) is 0. The smallest absolute Gasteiger partial charge is 0.224 e. The highest BCUT2D eigenvalue weighted by atomic mass is 35.5. The van der Waals surface area contributed by atoms with Crippen LogP contribution in [0.1, 0.15) is 24.9 Å². The molecule has 0 aromatic heterocycles. The fraction of sp³-hybridized carbons (Fsp3) is 0.357. The normalized spacial score (nSPS) is 21.4. The predicted molar refractivity (Wildman–Crippen MR) is 68.5 cm³/mol. The second-order valence-corrected chi connectivity index (χ2v) is 4.78. The minimum atomic E-state index is 0.0530. The Morgan fingerprint density at radius 1 is 1.47 bits per heavy atom. The summed E-state index contributed by atoms with van der Waals surface area (Å²) in [6.07, 6.45) is 5.84. The number of amides is 1. The van der Waals surface area contributed by atoms with Crippen molar-refractivity contribution in [2.75, 3.05) is 6.54 Å². The minimum Gasteiger partial charge on any atom is -0.335 e.